The zero-order chi connectivity index (χ0) is 13.8. The molecule has 0 aliphatic carbocycles. The lowest BCUT2D eigenvalue weighted by molar-refractivity contribution is -0.117. The SMILES string of the molecule is C[C@@H](CC(=O)Nc1cccc(Cl)c1)N1CC[C@@H](N)C1. The van der Waals surface area contributed by atoms with Gasteiger partial charge in [-0.3, -0.25) is 9.69 Å². The maximum absolute atomic E-state index is 12.0. The van der Waals surface area contributed by atoms with Crippen LogP contribution in [0.2, 0.25) is 5.02 Å². The molecule has 1 aromatic rings. The Balaban J connectivity index is 1.84. The number of nitrogens with zero attached hydrogens (tertiary/aromatic N) is 1. The summed E-state index contributed by atoms with van der Waals surface area (Å²) in [6.45, 7) is 3.92. The van der Waals surface area contributed by atoms with Gasteiger partial charge in [0.15, 0.2) is 0 Å². The maximum atomic E-state index is 12.0. The largest absolute Gasteiger partial charge is 0.326 e. The van der Waals surface area contributed by atoms with E-state index in [0.29, 0.717) is 11.4 Å². The van der Waals surface area contributed by atoms with Crippen molar-refractivity contribution in [2.75, 3.05) is 18.4 Å². The van der Waals surface area contributed by atoms with E-state index in [1.165, 1.54) is 0 Å². The van der Waals surface area contributed by atoms with E-state index in [1.54, 1.807) is 12.1 Å². The van der Waals surface area contributed by atoms with E-state index in [2.05, 4.69) is 17.1 Å². The first-order valence-corrected chi connectivity index (χ1v) is 6.97. The van der Waals surface area contributed by atoms with Gasteiger partial charge >= 0.3 is 0 Å². The standard InChI is InChI=1S/C14H20ClN3O/c1-10(18-6-5-12(16)9-18)7-14(19)17-13-4-2-3-11(15)8-13/h2-4,8,10,12H,5-7,9,16H2,1H3,(H,17,19)/t10-,12+/m0/s1. The van der Waals surface area contributed by atoms with Gasteiger partial charge in [0.05, 0.1) is 0 Å². The lowest BCUT2D eigenvalue weighted by Gasteiger charge is -2.23. The zero-order valence-corrected chi connectivity index (χ0v) is 11.9. The Morgan fingerprint density at radius 3 is 3.05 bits per heavy atom. The highest BCUT2D eigenvalue weighted by molar-refractivity contribution is 6.30. The van der Waals surface area contributed by atoms with Crippen molar-refractivity contribution in [3.8, 4) is 0 Å². The second-order valence-corrected chi connectivity index (χ2v) is 5.59. The van der Waals surface area contributed by atoms with Crippen molar-refractivity contribution in [2.24, 2.45) is 5.73 Å². The number of anilines is 1. The molecule has 0 bridgehead atoms. The molecule has 0 unspecified atom stereocenters. The summed E-state index contributed by atoms with van der Waals surface area (Å²) in [6.07, 6.45) is 1.49. The summed E-state index contributed by atoms with van der Waals surface area (Å²) in [5.41, 5.74) is 6.62. The second-order valence-electron chi connectivity index (χ2n) is 5.16. The number of carbonyl (C=O) groups is 1. The summed E-state index contributed by atoms with van der Waals surface area (Å²) >= 11 is 5.88. The van der Waals surface area contributed by atoms with Gasteiger partial charge in [-0.15, -0.1) is 0 Å². The molecule has 19 heavy (non-hydrogen) atoms. The molecular weight excluding hydrogens is 262 g/mol. The van der Waals surface area contributed by atoms with Gasteiger partial charge in [-0.2, -0.15) is 0 Å². The van der Waals surface area contributed by atoms with Crippen LogP contribution in [0.5, 0.6) is 0 Å². The van der Waals surface area contributed by atoms with Crippen molar-refractivity contribution < 1.29 is 4.79 Å². The molecule has 3 N–H and O–H groups in total. The lowest BCUT2D eigenvalue weighted by atomic mass is 10.2. The number of hydrogen-bond donors (Lipinski definition) is 2. The fourth-order valence-corrected chi connectivity index (χ4v) is 2.58. The van der Waals surface area contributed by atoms with E-state index in [9.17, 15) is 4.79 Å². The van der Waals surface area contributed by atoms with Gasteiger partial charge in [0.1, 0.15) is 0 Å². The predicted octanol–water partition coefficient (Wildman–Crippen LogP) is 2.09. The van der Waals surface area contributed by atoms with Crippen LogP contribution < -0.4 is 11.1 Å². The number of benzene rings is 1. The number of nitrogens with two attached hydrogens (primary N) is 1. The minimum Gasteiger partial charge on any atom is -0.326 e. The quantitative estimate of drug-likeness (QED) is 0.888. The average molecular weight is 282 g/mol. The highest BCUT2D eigenvalue weighted by Crippen LogP contribution is 2.17. The van der Waals surface area contributed by atoms with E-state index in [4.69, 9.17) is 17.3 Å². The van der Waals surface area contributed by atoms with E-state index in [-0.39, 0.29) is 18.0 Å². The van der Waals surface area contributed by atoms with Crippen LogP contribution in [-0.2, 0) is 4.79 Å². The number of rotatable bonds is 4. The molecule has 1 saturated heterocycles. The Morgan fingerprint density at radius 1 is 1.63 bits per heavy atom. The van der Waals surface area contributed by atoms with Crippen molar-refractivity contribution in [3.05, 3.63) is 29.3 Å². The molecule has 4 nitrogen and oxygen atoms in total. The number of amides is 1. The monoisotopic (exact) mass is 281 g/mol. The number of halogens is 1. The molecule has 104 valence electrons. The van der Waals surface area contributed by atoms with Crippen LogP contribution in [0.3, 0.4) is 0 Å². The Labute approximate surface area is 118 Å². The zero-order valence-electron chi connectivity index (χ0n) is 11.1. The highest BCUT2D eigenvalue weighted by atomic mass is 35.5. The number of carbonyl (C=O) groups excluding carboxylic acids is 1. The fourth-order valence-electron chi connectivity index (χ4n) is 2.39. The van der Waals surface area contributed by atoms with Crippen LogP contribution >= 0.6 is 11.6 Å². The molecule has 1 heterocycles. The molecule has 1 aliphatic rings. The lowest BCUT2D eigenvalue weighted by Crippen LogP contribution is -2.36. The van der Waals surface area contributed by atoms with Gasteiger partial charge < -0.3 is 11.1 Å². The number of likely N-dealkylation sites (tertiary alicyclic amines) is 1. The third kappa shape index (κ3) is 4.20. The Bertz CT molecular complexity index is 452. The fraction of sp³-hybridized carbons (Fsp3) is 0.500. The third-order valence-electron chi connectivity index (χ3n) is 3.47. The van der Waals surface area contributed by atoms with Crippen LogP contribution in [0.1, 0.15) is 19.8 Å². The Kier molecular flexibility index (Phi) is 4.80. The molecule has 2 rings (SSSR count). The van der Waals surface area contributed by atoms with E-state index in [0.717, 1.165) is 25.2 Å². The van der Waals surface area contributed by atoms with Crippen LogP contribution in [-0.4, -0.2) is 36.0 Å². The molecule has 0 radical (unpaired) electrons. The van der Waals surface area contributed by atoms with Crippen LogP contribution in [0, 0.1) is 0 Å². The average Bonchev–Trinajstić information content (AvgIpc) is 2.75. The first-order chi connectivity index (χ1) is 9.04. The summed E-state index contributed by atoms with van der Waals surface area (Å²) < 4.78 is 0. The van der Waals surface area contributed by atoms with Gasteiger partial charge in [-0.05, 0) is 31.5 Å². The molecule has 5 heteroatoms. The van der Waals surface area contributed by atoms with Crippen molar-refractivity contribution in [2.45, 2.75) is 31.8 Å². The molecule has 1 aromatic carbocycles. The summed E-state index contributed by atoms with van der Waals surface area (Å²) in [4.78, 5) is 14.2. The summed E-state index contributed by atoms with van der Waals surface area (Å²) in [5.74, 6) is 0.00948. The van der Waals surface area contributed by atoms with Gasteiger partial charge in [0.25, 0.3) is 0 Å². The molecule has 0 spiro atoms. The van der Waals surface area contributed by atoms with E-state index >= 15 is 0 Å². The van der Waals surface area contributed by atoms with Crippen molar-refractivity contribution in [1.82, 2.24) is 4.90 Å². The highest BCUT2D eigenvalue weighted by Gasteiger charge is 2.24. The molecular formula is C14H20ClN3O. The van der Waals surface area contributed by atoms with Gasteiger partial charge in [-0.25, -0.2) is 0 Å². The smallest absolute Gasteiger partial charge is 0.225 e. The minimum atomic E-state index is 0.00948. The van der Waals surface area contributed by atoms with Crippen LogP contribution in [0.15, 0.2) is 24.3 Å². The predicted molar refractivity (Wildman–Crippen MR) is 78.3 cm³/mol. The van der Waals surface area contributed by atoms with Crippen molar-refractivity contribution in [1.29, 1.82) is 0 Å². The summed E-state index contributed by atoms with van der Waals surface area (Å²) in [5, 5.41) is 3.49. The molecule has 1 aliphatic heterocycles. The first-order valence-electron chi connectivity index (χ1n) is 6.59. The maximum Gasteiger partial charge on any atom is 0.225 e. The van der Waals surface area contributed by atoms with Gasteiger partial charge in [0, 0.05) is 42.3 Å². The first kappa shape index (κ1) is 14.3. The molecule has 0 saturated carbocycles. The summed E-state index contributed by atoms with van der Waals surface area (Å²) in [7, 11) is 0. The molecule has 1 fully saturated rings. The minimum absolute atomic E-state index is 0.00948. The van der Waals surface area contributed by atoms with Crippen LogP contribution in [0.25, 0.3) is 0 Å². The normalized spacial score (nSPS) is 21.3. The van der Waals surface area contributed by atoms with E-state index in [1.807, 2.05) is 12.1 Å². The Morgan fingerprint density at radius 2 is 2.42 bits per heavy atom. The third-order valence-corrected chi connectivity index (χ3v) is 3.70. The van der Waals surface area contributed by atoms with E-state index < -0.39 is 0 Å². The molecule has 1 amide bonds. The second kappa shape index (κ2) is 6.37. The molecule has 0 aromatic heterocycles. The topological polar surface area (TPSA) is 58.4 Å². The molecule has 2 atom stereocenters. The number of hydrogen-bond acceptors (Lipinski definition) is 3. The Hall–Kier alpha value is -1.10. The van der Waals surface area contributed by atoms with Crippen LogP contribution in [0.4, 0.5) is 5.69 Å². The van der Waals surface area contributed by atoms with Crippen molar-refractivity contribution >= 4 is 23.2 Å². The van der Waals surface area contributed by atoms with Gasteiger partial charge in [0.2, 0.25) is 5.91 Å². The summed E-state index contributed by atoms with van der Waals surface area (Å²) in [6, 6.07) is 7.65. The number of nitrogens with one attached hydrogen (secondary N) is 1. The van der Waals surface area contributed by atoms with Gasteiger partial charge in [-0.1, -0.05) is 17.7 Å². The van der Waals surface area contributed by atoms with Crippen molar-refractivity contribution in [3.63, 3.8) is 0 Å².